The van der Waals surface area contributed by atoms with E-state index >= 15 is 0 Å². The largest absolute Gasteiger partial charge is 0.275 e. The zero-order chi connectivity index (χ0) is 28.6. The second-order valence-electron chi connectivity index (χ2n) is 10.2. The van der Waals surface area contributed by atoms with Crippen molar-refractivity contribution >= 4 is 0 Å². The van der Waals surface area contributed by atoms with Crippen LogP contribution in [0.2, 0.25) is 0 Å². The molecule has 0 atom stereocenters. The van der Waals surface area contributed by atoms with E-state index in [1.54, 1.807) is 0 Å². The molecule has 0 aromatic carbocycles. The molecule has 0 spiro atoms. The first-order valence-corrected chi connectivity index (χ1v) is 13.7. The van der Waals surface area contributed by atoms with E-state index in [2.05, 4.69) is 102 Å². The maximum atomic E-state index is 4.27. The number of hydrogen-bond donors (Lipinski definition) is 0. The van der Waals surface area contributed by atoms with E-state index in [1.165, 1.54) is 34.5 Å². The summed E-state index contributed by atoms with van der Waals surface area (Å²) in [5, 5.41) is 12.7. The number of hydrogen-bond acceptors (Lipinski definition) is 3. The first-order valence-electron chi connectivity index (χ1n) is 13.7. The lowest BCUT2D eigenvalue weighted by Crippen LogP contribution is -2.12. The maximum Gasteiger partial charge on any atom is 0.0625 e. The lowest BCUT2D eigenvalue weighted by Gasteiger charge is -2.17. The third-order valence-corrected chi connectivity index (χ3v) is 5.46. The minimum atomic E-state index is 0.221. The normalized spacial score (nSPS) is 10.2. The molecule has 0 bridgehead atoms. The number of rotatable bonds is 3. The average molecular weight is 503 g/mol. The van der Waals surface area contributed by atoms with Crippen LogP contribution in [0.1, 0.15) is 122 Å². The second-order valence-corrected chi connectivity index (χ2v) is 10.2. The highest BCUT2D eigenvalue weighted by Crippen LogP contribution is 2.24. The molecule has 3 heterocycles. The monoisotopic (exact) mass is 502 g/mol. The molecule has 0 unspecified atom stereocenters. The summed E-state index contributed by atoms with van der Waals surface area (Å²) in [4.78, 5) is 0. The van der Waals surface area contributed by atoms with Gasteiger partial charge in [0.2, 0.25) is 0 Å². The molecule has 0 saturated carbocycles. The first-order chi connectivity index (χ1) is 16.7. The lowest BCUT2D eigenvalue weighted by atomic mass is 9.88. The van der Waals surface area contributed by atoms with Gasteiger partial charge >= 0.3 is 0 Å². The summed E-state index contributed by atoms with van der Waals surface area (Å²) >= 11 is 0. The van der Waals surface area contributed by atoms with Crippen molar-refractivity contribution in [2.24, 2.45) is 14.1 Å². The van der Waals surface area contributed by atoms with Crippen molar-refractivity contribution in [3.63, 3.8) is 0 Å². The third-order valence-electron chi connectivity index (χ3n) is 5.46. The highest BCUT2D eigenvalue weighted by Gasteiger charge is 2.18. The molecule has 0 aliphatic rings. The van der Waals surface area contributed by atoms with Crippen molar-refractivity contribution in [1.29, 1.82) is 0 Å². The zero-order valence-corrected chi connectivity index (χ0v) is 26.6. The average Bonchev–Trinajstić information content (AvgIpc) is 3.46. The first kappa shape index (κ1) is 35.8. The van der Waals surface area contributed by atoms with Crippen LogP contribution in [0.3, 0.4) is 0 Å². The molecular weight excluding hydrogens is 444 g/mol. The molecule has 0 fully saturated rings. The minimum Gasteiger partial charge on any atom is -0.275 e. The second kappa shape index (κ2) is 18.0. The van der Waals surface area contributed by atoms with Gasteiger partial charge in [-0.1, -0.05) is 75.7 Å². The molecule has 0 aliphatic carbocycles. The van der Waals surface area contributed by atoms with Gasteiger partial charge in [0.25, 0.3) is 0 Å². The predicted molar refractivity (Wildman–Crippen MR) is 158 cm³/mol. The molecule has 0 aliphatic heterocycles. The van der Waals surface area contributed by atoms with Gasteiger partial charge in [-0.15, -0.1) is 0 Å². The Hall–Kier alpha value is -2.37. The van der Waals surface area contributed by atoms with Crippen molar-refractivity contribution in [3.8, 4) is 0 Å². The molecule has 208 valence electrons. The summed E-state index contributed by atoms with van der Waals surface area (Å²) in [6, 6.07) is 0. The SMILES string of the molecule is CC.CCC.CCc1cn(C)nc1C.CCn1ncc(C)c1C(C)C.Cc1c(C(C)(C)C)cnn1C. The highest BCUT2D eigenvalue weighted by atomic mass is 15.3. The van der Waals surface area contributed by atoms with E-state index in [-0.39, 0.29) is 5.41 Å². The lowest BCUT2D eigenvalue weighted by molar-refractivity contribution is 0.583. The molecule has 0 N–H and O–H groups in total. The Balaban J connectivity index is 0. The minimum absolute atomic E-state index is 0.221. The van der Waals surface area contributed by atoms with Gasteiger partial charge in [-0.25, -0.2) is 0 Å². The molecule has 6 nitrogen and oxygen atoms in total. The summed E-state index contributed by atoms with van der Waals surface area (Å²) in [5.74, 6) is 0.581. The predicted octanol–water partition coefficient (Wildman–Crippen LogP) is 8.09. The van der Waals surface area contributed by atoms with Crippen LogP contribution in [0.4, 0.5) is 0 Å². The Labute approximate surface area is 223 Å². The topological polar surface area (TPSA) is 53.5 Å². The Bertz CT molecular complexity index is 951. The van der Waals surface area contributed by atoms with Gasteiger partial charge in [0.05, 0.1) is 18.1 Å². The Morgan fingerprint density at radius 1 is 0.889 bits per heavy atom. The van der Waals surface area contributed by atoms with E-state index in [0.717, 1.165) is 18.7 Å². The molecule has 3 aromatic heterocycles. The summed E-state index contributed by atoms with van der Waals surface area (Å²) < 4.78 is 5.84. The van der Waals surface area contributed by atoms with E-state index in [9.17, 15) is 0 Å². The molecule has 0 amide bonds. The molecule has 6 heteroatoms. The smallest absolute Gasteiger partial charge is 0.0625 e. The van der Waals surface area contributed by atoms with E-state index in [1.807, 2.05) is 56.6 Å². The van der Waals surface area contributed by atoms with Gasteiger partial charge in [0, 0.05) is 38.2 Å². The van der Waals surface area contributed by atoms with Crippen molar-refractivity contribution in [1.82, 2.24) is 29.3 Å². The van der Waals surface area contributed by atoms with Crippen LogP contribution in [0.5, 0.6) is 0 Å². The van der Waals surface area contributed by atoms with Crippen molar-refractivity contribution < 1.29 is 0 Å². The van der Waals surface area contributed by atoms with Crippen molar-refractivity contribution in [2.75, 3.05) is 0 Å². The fourth-order valence-electron chi connectivity index (χ4n) is 3.72. The van der Waals surface area contributed by atoms with Gasteiger partial charge < -0.3 is 0 Å². The maximum absolute atomic E-state index is 4.27. The van der Waals surface area contributed by atoms with Gasteiger partial charge in [-0.2, -0.15) is 15.3 Å². The zero-order valence-electron chi connectivity index (χ0n) is 26.6. The standard InChI is InChI=1S/2C9H16N2.C7H12N2.C3H8.C2H6/c1-7-8(9(2,3)4)6-10-11(7)5;1-5-11-9(7(2)3)8(4)6-10-11;1-4-7-5-9(3)8-6(7)2;1-3-2;1-2/h6H,1-5H3;6-7H,5H2,1-4H3;5H,4H2,1-3H3;3H2,1-2H3;1-2H3. The number of aromatic nitrogens is 6. The number of aryl methyl sites for hydroxylation is 6. The van der Waals surface area contributed by atoms with Gasteiger partial charge in [0.15, 0.2) is 0 Å². The van der Waals surface area contributed by atoms with Crippen LogP contribution >= 0.6 is 0 Å². The summed E-state index contributed by atoms with van der Waals surface area (Å²) in [6.07, 6.45) is 8.29. The summed E-state index contributed by atoms with van der Waals surface area (Å²) in [7, 11) is 3.93. The third kappa shape index (κ3) is 12.0. The fourth-order valence-corrected chi connectivity index (χ4v) is 3.72. The number of nitrogens with zero attached hydrogens (tertiary/aromatic N) is 6. The van der Waals surface area contributed by atoms with E-state index in [4.69, 9.17) is 0 Å². The van der Waals surface area contributed by atoms with Gasteiger partial charge in [0.1, 0.15) is 0 Å². The summed E-state index contributed by atoms with van der Waals surface area (Å²) in [6.45, 7) is 30.8. The van der Waals surface area contributed by atoms with E-state index in [0.29, 0.717) is 5.92 Å². The Kier molecular flexibility index (Phi) is 17.9. The Morgan fingerprint density at radius 2 is 1.42 bits per heavy atom. The van der Waals surface area contributed by atoms with Crippen LogP contribution in [0.25, 0.3) is 0 Å². The highest BCUT2D eigenvalue weighted by molar-refractivity contribution is 5.24. The molecule has 0 saturated heterocycles. The van der Waals surface area contributed by atoms with Gasteiger partial charge in [-0.05, 0) is 62.1 Å². The van der Waals surface area contributed by atoms with Gasteiger partial charge in [-0.3, -0.25) is 14.0 Å². The molecule has 3 aromatic rings. The summed E-state index contributed by atoms with van der Waals surface area (Å²) in [5.41, 5.74) is 7.99. The fraction of sp³-hybridized carbons (Fsp3) is 0.700. The Morgan fingerprint density at radius 3 is 1.64 bits per heavy atom. The van der Waals surface area contributed by atoms with Crippen LogP contribution in [0, 0.1) is 20.8 Å². The van der Waals surface area contributed by atoms with Crippen LogP contribution in [0.15, 0.2) is 18.6 Å². The quantitative estimate of drug-likeness (QED) is 0.363. The van der Waals surface area contributed by atoms with E-state index < -0.39 is 0 Å². The molecule has 0 radical (unpaired) electrons. The van der Waals surface area contributed by atoms with Crippen LogP contribution < -0.4 is 0 Å². The molecule has 36 heavy (non-hydrogen) atoms. The van der Waals surface area contributed by atoms with Crippen LogP contribution in [-0.4, -0.2) is 29.3 Å². The van der Waals surface area contributed by atoms with Crippen molar-refractivity contribution in [2.45, 2.75) is 128 Å². The molecular formula is C30H58N6. The van der Waals surface area contributed by atoms with Crippen molar-refractivity contribution in [3.05, 3.63) is 52.4 Å². The molecule has 3 rings (SSSR count). The van der Waals surface area contributed by atoms with Crippen LogP contribution in [-0.2, 0) is 32.5 Å².